The Balaban J connectivity index is 1.18. The summed E-state index contributed by atoms with van der Waals surface area (Å²) in [6, 6.07) is 21.0. The lowest BCUT2D eigenvalue weighted by Gasteiger charge is -2.28. The fraction of sp³-hybridized carbons (Fsp3) is 0.386. The average molecular weight is 756 g/mol. The molecule has 4 N–H and O–H groups in total. The SMILES string of the molecule is CC(C)[C@H](O)C(=O)CC1Cc2ccc3c(c2)C2(c4ccccc4N[C@H]2O3)c2oc(nc2-c2nc(C(=O)NC3CCCc4ccccc43)co2)[C@H](C(C)C)NC1=O. The number of fused-ring (bicyclic) bond motifs is 5. The Kier molecular flexibility index (Phi) is 8.83. The largest absolute Gasteiger partial charge is 0.469 e. The van der Waals surface area contributed by atoms with Crippen molar-refractivity contribution >= 4 is 23.3 Å². The van der Waals surface area contributed by atoms with Crippen LogP contribution >= 0.6 is 0 Å². The van der Waals surface area contributed by atoms with E-state index in [-0.39, 0.29) is 71.5 Å². The van der Waals surface area contributed by atoms with E-state index in [0.717, 1.165) is 47.2 Å². The van der Waals surface area contributed by atoms with E-state index in [1.807, 2.05) is 68.4 Å². The van der Waals surface area contributed by atoms with Crippen molar-refractivity contribution in [3.05, 3.63) is 118 Å². The van der Waals surface area contributed by atoms with Crippen LogP contribution in [0.15, 0.2) is 81.8 Å². The first-order chi connectivity index (χ1) is 27.0. The zero-order valence-electron chi connectivity index (χ0n) is 31.8. The fourth-order valence-corrected chi connectivity index (χ4v) is 8.92. The van der Waals surface area contributed by atoms with Crippen molar-refractivity contribution in [3.8, 4) is 17.3 Å². The number of carbonyl (C=O) groups excluding carboxylic acids is 3. The summed E-state index contributed by atoms with van der Waals surface area (Å²) < 4.78 is 19.7. The number of rotatable bonds is 8. The number of aliphatic hydroxyl groups is 1. The zero-order valence-corrected chi connectivity index (χ0v) is 31.8. The summed E-state index contributed by atoms with van der Waals surface area (Å²) in [5.74, 6) is -1.06. The number of anilines is 1. The molecule has 0 fully saturated rings. The molecule has 0 saturated carbocycles. The number of aliphatic hydroxyl groups excluding tert-OH is 1. The van der Waals surface area contributed by atoms with Gasteiger partial charge in [0.05, 0.1) is 6.04 Å². The Morgan fingerprint density at radius 2 is 1.80 bits per heavy atom. The molecule has 4 aliphatic rings. The number of benzene rings is 3. The van der Waals surface area contributed by atoms with Gasteiger partial charge in [0.2, 0.25) is 17.7 Å². The molecule has 1 spiro atoms. The van der Waals surface area contributed by atoms with Gasteiger partial charge in [0, 0.05) is 23.6 Å². The summed E-state index contributed by atoms with van der Waals surface area (Å²) in [5, 5.41) is 20.5. The first kappa shape index (κ1) is 35.9. The molecule has 0 saturated heterocycles. The lowest BCUT2D eigenvalue weighted by Crippen LogP contribution is -2.41. The van der Waals surface area contributed by atoms with Crippen molar-refractivity contribution in [2.24, 2.45) is 17.8 Å². The molecule has 3 unspecified atom stereocenters. The quantitative estimate of drug-likeness (QED) is 0.136. The number of nitrogens with one attached hydrogen (secondary N) is 3. The number of carbonyl (C=O) groups is 3. The van der Waals surface area contributed by atoms with E-state index in [4.69, 9.17) is 23.5 Å². The Morgan fingerprint density at radius 3 is 2.62 bits per heavy atom. The second kappa shape index (κ2) is 13.8. The minimum Gasteiger partial charge on any atom is -0.469 e. The van der Waals surface area contributed by atoms with Crippen molar-refractivity contribution in [1.82, 2.24) is 20.6 Å². The van der Waals surface area contributed by atoms with Crippen molar-refractivity contribution in [2.75, 3.05) is 5.32 Å². The number of hydrogen-bond acceptors (Lipinski definition) is 10. The number of Topliss-reactive ketones (excluding diaryl/α,β-unsaturated/α-hetero) is 1. The van der Waals surface area contributed by atoms with E-state index in [0.29, 0.717) is 11.5 Å². The molecule has 4 bridgehead atoms. The van der Waals surface area contributed by atoms with Gasteiger partial charge < -0.3 is 34.6 Å². The van der Waals surface area contributed by atoms with Crippen LogP contribution in [0.5, 0.6) is 5.75 Å². The third-order valence-electron chi connectivity index (χ3n) is 11.9. The predicted octanol–water partition coefficient (Wildman–Crippen LogP) is 6.58. The number of nitrogens with zero attached hydrogens (tertiary/aromatic N) is 2. The number of ketones is 1. The molecule has 1 aliphatic carbocycles. The van der Waals surface area contributed by atoms with Gasteiger partial charge in [0.25, 0.3) is 5.91 Å². The molecule has 3 aliphatic heterocycles. The summed E-state index contributed by atoms with van der Waals surface area (Å²) in [5.41, 5.74) is 4.97. The second-order valence-corrected chi connectivity index (χ2v) is 16.2. The molecule has 56 heavy (non-hydrogen) atoms. The number of ether oxygens (including phenoxy) is 1. The highest BCUT2D eigenvalue weighted by Gasteiger charge is 2.61. The molecule has 5 aromatic rings. The number of hydrogen-bond donors (Lipinski definition) is 4. The van der Waals surface area contributed by atoms with Gasteiger partial charge in [-0.15, -0.1) is 0 Å². The van der Waals surface area contributed by atoms with E-state index in [1.54, 1.807) is 13.8 Å². The molecule has 2 amide bonds. The smallest absolute Gasteiger partial charge is 0.273 e. The molecule has 12 heteroatoms. The van der Waals surface area contributed by atoms with Gasteiger partial charge in [-0.05, 0) is 71.9 Å². The molecular formula is C44H45N5O7. The maximum absolute atomic E-state index is 14.2. The lowest BCUT2D eigenvalue weighted by atomic mass is 9.72. The van der Waals surface area contributed by atoms with Gasteiger partial charge in [0.15, 0.2) is 29.2 Å². The summed E-state index contributed by atoms with van der Waals surface area (Å²) in [4.78, 5) is 51.1. The Labute approximate surface area is 324 Å². The van der Waals surface area contributed by atoms with Gasteiger partial charge in [-0.2, -0.15) is 0 Å². The highest BCUT2D eigenvalue weighted by molar-refractivity contribution is 5.93. The molecule has 0 radical (unpaired) electrons. The predicted molar refractivity (Wildman–Crippen MR) is 206 cm³/mol. The minimum absolute atomic E-state index is 0.0844. The molecule has 2 aromatic heterocycles. The Morgan fingerprint density at radius 1 is 1.00 bits per heavy atom. The van der Waals surface area contributed by atoms with E-state index >= 15 is 0 Å². The van der Waals surface area contributed by atoms with Crippen LogP contribution in [-0.2, 0) is 27.8 Å². The molecular weight excluding hydrogens is 711 g/mol. The Bertz CT molecular complexity index is 2360. The number of aromatic nitrogens is 2. The summed E-state index contributed by atoms with van der Waals surface area (Å²) in [6.45, 7) is 7.46. The second-order valence-electron chi connectivity index (χ2n) is 16.2. The lowest BCUT2D eigenvalue weighted by molar-refractivity contribution is -0.135. The molecule has 288 valence electrons. The summed E-state index contributed by atoms with van der Waals surface area (Å²) in [7, 11) is 0. The third-order valence-corrected chi connectivity index (χ3v) is 11.9. The summed E-state index contributed by atoms with van der Waals surface area (Å²) in [6.07, 6.45) is 2.36. The van der Waals surface area contributed by atoms with Crippen molar-refractivity contribution in [2.45, 2.75) is 89.6 Å². The zero-order chi connectivity index (χ0) is 38.9. The van der Waals surface area contributed by atoms with Gasteiger partial charge in [-0.3, -0.25) is 14.4 Å². The van der Waals surface area contributed by atoms with Crippen molar-refractivity contribution in [3.63, 3.8) is 0 Å². The van der Waals surface area contributed by atoms with Crippen LogP contribution in [0.1, 0.15) is 109 Å². The number of para-hydroxylation sites is 1. The Hall–Kier alpha value is -5.75. The maximum Gasteiger partial charge on any atom is 0.273 e. The van der Waals surface area contributed by atoms with Crippen LogP contribution < -0.4 is 20.7 Å². The molecule has 6 atom stereocenters. The number of amides is 2. The van der Waals surface area contributed by atoms with Gasteiger partial charge in [-0.25, -0.2) is 9.97 Å². The first-order valence-electron chi connectivity index (χ1n) is 19.6. The van der Waals surface area contributed by atoms with Crippen LogP contribution in [0.25, 0.3) is 11.6 Å². The standard InChI is InChI=1S/C44H45N5O7/c1-22(2)35-42-49-36(41-46-32(21-54-41)40(53)45-30-15-9-11-25-10-5-6-12-27(25)30)38(56-42)44-28-13-7-8-14-31(28)47-43(44)55-34-17-16-24(19-29(34)44)18-26(39(52)48-35)20-33(50)37(51)23(3)4/h5-8,10,12-14,16-17,19,21-23,26,30,35,37,43,47,51H,9,11,15,18,20H2,1-4H3,(H,45,53)(H,48,52)/t26?,30?,35-,37-,43-,44?/m0/s1. The minimum atomic E-state index is -1.19. The molecule has 12 nitrogen and oxygen atoms in total. The number of oxazole rings is 2. The van der Waals surface area contributed by atoms with E-state index in [1.165, 1.54) is 11.8 Å². The monoisotopic (exact) mass is 755 g/mol. The first-order valence-corrected chi connectivity index (χ1v) is 19.6. The van der Waals surface area contributed by atoms with E-state index in [9.17, 15) is 19.5 Å². The van der Waals surface area contributed by atoms with E-state index in [2.05, 4.69) is 28.1 Å². The van der Waals surface area contributed by atoms with Crippen LogP contribution in [-0.4, -0.2) is 45.0 Å². The molecule has 9 rings (SSSR count). The third kappa shape index (κ3) is 5.80. The molecule has 5 heterocycles. The van der Waals surface area contributed by atoms with Crippen LogP contribution in [0, 0.1) is 17.8 Å². The maximum atomic E-state index is 14.2. The van der Waals surface area contributed by atoms with Gasteiger partial charge >= 0.3 is 0 Å². The van der Waals surface area contributed by atoms with Gasteiger partial charge in [-0.1, -0.05) is 82.3 Å². The van der Waals surface area contributed by atoms with Crippen molar-refractivity contribution in [1.29, 1.82) is 0 Å². The topological polar surface area (TPSA) is 169 Å². The van der Waals surface area contributed by atoms with Crippen LogP contribution in [0.3, 0.4) is 0 Å². The van der Waals surface area contributed by atoms with Crippen molar-refractivity contribution < 1.29 is 33.1 Å². The normalized spacial score (nSPS) is 23.8. The van der Waals surface area contributed by atoms with Crippen LogP contribution in [0.4, 0.5) is 5.69 Å². The molecule has 3 aromatic carbocycles. The highest BCUT2D eigenvalue weighted by atomic mass is 16.5. The van der Waals surface area contributed by atoms with Gasteiger partial charge in [0.1, 0.15) is 29.6 Å². The van der Waals surface area contributed by atoms with E-state index < -0.39 is 29.7 Å². The average Bonchev–Trinajstić information content (AvgIpc) is 3.97. The number of aryl methyl sites for hydroxylation is 1. The van der Waals surface area contributed by atoms with Crippen LogP contribution in [0.2, 0.25) is 0 Å². The highest BCUT2D eigenvalue weighted by Crippen LogP contribution is 2.59. The fourth-order valence-electron chi connectivity index (χ4n) is 8.92. The summed E-state index contributed by atoms with van der Waals surface area (Å²) >= 11 is 0.